The average molecular weight is 339 g/mol. The molecule has 3 rings (SSSR count). The molecular formula is C16H25N3O5. The van der Waals surface area contributed by atoms with Crippen molar-refractivity contribution in [3.05, 3.63) is 24.0 Å². The number of aliphatic hydroxyl groups is 2. The quantitative estimate of drug-likeness (QED) is 0.609. The molecule has 1 amide bonds. The number of carbonyl (C=O) groups is 1. The van der Waals surface area contributed by atoms with Gasteiger partial charge in [0.15, 0.2) is 0 Å². The average Bonchev–Trinajstić information content (AvgIpc) is 3.16. The molecule has 2 saturated heterocycles. The molecule has 24 heavy (non-hydrogen) atoms. The van der Waals surface area contributed by atoms with Crippen LogP contribution in [0, 0.1) is 0 Å². The van der Waals surface area contributed by atoms with E-state index in [2.05, 4.69) is 10.2 Å². The minimum Gasteiger partial charge on any atom is -0.394 e. The Kier molecular flexibility index (Phi) is 5.52. The first-order chi connectivity index (χ1) is 11.6. The highest BCUT2D eigenvalue weighted by molar-refractivity contribution is 5.92. The van der Waals surface area contributed by atoms with Crippen molar-refractivity contribution in [3.8, 4) is 0 Å². The van der Waals surface area contributed by atoms with Crippen molar-refractivity contribution in [2.24, 2.45) is 7.05 Å². The van der Waals surface area contributed by atoms with Gasteiger partial charge in [-0.25, -0.2) is 0 Å². The highest BCUT2D eigenvalue weighted by atomic mass is 16.5. The van der Waals surface area contributed by atoms with Gasteiger partial charge in [0.25, 0.3) is 5.91 Å². The number of aromatic nitrogens is 1. The Hall–Kier alpha value is -1.45. The van der Waals surface area contributed by atoms with Crippen molar-refractivity contribution in [2.75, 3.05) is 39.5 Å². The van der Waals surface area contributed by atoms with E-state index in [1.807, 2.05) is 19.3 Å². The zero-order chi connectivity index (χ0) is 17.1. The molecule has 1 aromatic heterocycles. The van der Waals surface area contributed by atoms with Crippen molar-refractivity contribution in [2.45, 2.75) is 24.4 Å². The minimum atomic E-state index is -0.787. The molecule has 1 aromatic rings. The second-order valence-corrected chi connectivity index (χ2v) is 6.24. The summed E-state index contributed by atoms with van der Waals surface area (Å²) in [6.45, 7) is 2.64. The van der Waals surface area contributed by atoms with Crippen molar-refractivity contribution in [1.29, 1.82) is 0 Å². The third-order valence-corrected chi connectivity index (χ3v) is 4.75. The summed E-state index contributed by atoms with van der Waals surface area (Å²) in [6.07, 6.45) is 0.0163. The SMILES string of the molecule is Cn1cccc1C(=O)NCC1OC(CO)C(O)C1N1CCOCC1. The van der Waals surface area contributed by atoms with Gasteiger partial charge in [-0.1, -0.05) is 0 Å². The first kappa shape index (κ1) is 17.4. The van der Waals surface area contributed by atoms with Gasteiger partial charge in [0.2, 0.25) is 0 Å². The monoisotopic (exact) mass is 339 g/mol. The molecule has 2 fully saturated rings. The maximum atomic E-state index is 12.3. The molecule has 3 heterocycles. The molecule has 0 aromatic carbocycles. The lowest BCUT2D eigenvalue weighted by Crippen LogP contribution is -2.54. The number of morpholine rings is 1. The van der Waals surface area contributed by atoms with E-state index in [1.165, 1.54) is 0 Å². The van der Waals surface area contributed by atoms with Gasteiger partial charge in [0, 0.05) is 32.9 Å². The highest BCUT2D eigenvalue weighted by Crippen LogP contribution is 2.26. The van der Waals surface area contributed by atoms with E-state index in [0.717, 1.165) is 0 Å². The Labute approximate surface area is 141 Å². The van der Waals surface area contributed by atoms with Crippen molar-refractivity contribution >= 4 is 5.91 Å². The molecule has 8 heteroatoms. The Morgan fingerprint density at radius 2 is 2.12 bits per heavy atom. The molecule has 0 aliphatic carbocycles. The number of aryl methyl sites for hydroxylation is 1. The smallest absolute Gasteiger partial charge is 0.267 e. The van der Waals surface area contributed by atoms with Crippen LogP contribution in [0.3, 0.4) is 0 Å². The number of hydrogen-bond acceptors (Lipinski definition) is 6. The number of amides is 1. The Balaban J connectivity index is 1.65. The van der Waals surface area contributed by atoms with Crippen LogP contribution in [0.4, 0.5) is 0 Å². The second-order valence-electron chi connectivity index (χ2n) is 6.24. The van der Waals surface area contributed by atoms with E-state index in [0.29, 0.717) is 32.0 Å². The molecule has 3 N–H and O–H groups in total. The fraction of sp³-hybridized carbons (Fsp3) is 0.688. The minimum absolute atomic E-state index is 0.186. The molecule has 0 bridgehead atoms. The summed E-state index contributed by atoms with van der Waals surface area (Å²) in [4.78, 5) is 14.4. The normalized spacial score (nSPS) is 31.3. The zero-order valence-electron chi connectivity index (χ0n) is 13.8. The molecule has 4 unspecified atom stereocenters. The van der Waals surface area contributed by atoms with Crippen LogP contribution < -0.4 is 5.32 Å². The number of nitrogens with one attached hydrogen (secondary N) is 1. The highest BCUT2D eigenvalue weighted by Gasteiger charge is 2.46. The van der Waals surface area contributed by atoms with E-state index in [1.54, 1.807) is 10.6 Å². The van der Waals surface area contributed by atoms with Crippen LogP contribution in [0.15, 0.2) is 18.3 Å². The molecule has 2 aliphatic rings. The van der Waals surface area contributed by atoms with Crippen LogP contribution >= 0.6 is 0 Å². The van der Waals surface area contributed by atoms with Gasteiger partial charge in [-0.3, -0.25) is 9.69 Å². The third-order valence-electron chi connectivity index (χ3n) is 4.75. The molecule has 0 spiro atoms. The maximum absolute atomic E-state index is 12.3. The first-order valence-electron chi connectivity index (χ1n) is 8.27. The van der Waals surface area contributed by atoms with E-state index < -0.39 is 12.2 Å². The molecule has 0 radical (unpaired) electrons. The van der Waals surface area contributed by atoms with Crippen LogP contribution in [0.2, 0.25) is 0 Å². The first-order valence-corrected chi connectivity index (χ1v) is 8.27. The number of ether oxygens (including phenoxy) is 2. The lowest BCUT2D eigenvalue weighted by atomic mass is 10.0. The Morgan fingerprint density at radius 3 is 2.75 bits per heavy atom. The summed E-state index contributed by atoms with van der Waals surface area (Å²) in [5.74, 6) is -0.186. The third kappa shape index (κ3) is 3.47. The molecule has 8 nitrogen and oxygen atoms in total. The lowest BCUT2D eigenvalue weighted by Gasteiger charge is -2.36. The fourth-order valence-corrected chi connectivity index (χ4v) is 3.45. The number of carbonyl (C=O) groups excluding carboxylic acids is 1. The predicted octanol–water partition coefficient (Wildman–Crippen LogP) is -1.42. The maximum Gasteiger partial charge on any atom is 0.267 e. The van der Waals surface area contributed by atoms with Crippen molar-refractivity contribution in [1.82, 2.24) is 14.8 Å². The van der Waals surface area contributed by atoms with Gasteiger partial charge in [0.1, 0.15) is 17.9 Å². The number of aliphatic hydroxyl groups excluding tert-OH is 2. The summed E-state index contributed by atoms with van der Waals surface area (Å²) < 4.78 is 12.9. The predicted molar refractivity (Wildman–Crippen MR) is 85.7 cm³/mol. The van der Waals surface area contributed by atoms with Crippen molar-refractivity contribution < 1.29 is 24.5 Å². The summed E-state index contributed by atoms with van der Waals surface area (Å²) in [7, 11) is 1.81. The molecular weight excluding hydrogens is 314 g/mol. The van der Waals surface area contributed by atoms with E-state index in [9.17, 15) is 15.0 Å². The number of nitrogens with zero attached hydrogens (tertiary/aromatic N) is 2. The lowest BCUT2D eigenvalue weighted by molar-refractivity contribution is -0.0220. The van der Waals surface area contributed by atoms with Crippen LogP contribution in [-0.2, 0) is 16.5 Å². The molecule has 134 valence electrons. The summed E-state index contributed by atoms with van der Waals surface area (Å²) in [5, 5.41) is 22.8. The summed E-state index contributed by atoms with van der Waals surface area (Å²) in [5.41, 5.74) is 0.565. The molecule has 2 aliphatic heterocycles. The van der Waals surface area contributed by atoms with Gasteiger partial charge in [0.05, 0.1) is 32.0 Å². The Bertz CT molecular complexity index is 558. The second kappa shape index (κ2) is 7.62. The van der Waals surface area contributed by atoms with Gasteiger partial charge >= 0.3 is 0 Å². The summed E-state index contributed by atoms with van der Waals surface area (Å²) >= 11 is 0. The van der Waals surface area contributed by atoms with Gasteiger partial charge < -0.3 is 29.6 Å². The Morgan fingerprint density at radius 1 is 1.38 bits per heavy atom. The van der Waals surface area contributed by atoms with Crippen LogP contribution in [-0.4, -0.2) is 89.4 Å². The van der Waals surface area contributed by atoms with E-state index >= 15 is 0 Å². The summed E-state index contributed by atoms with van der Waals surface area (Å²) in [6, 6.07) is 3.29. The van der Waals surface area contributed by atoms with Gasteiger partial charge in [-0.2, -0.15) is 0 Å². The topological polar surface area (TPSA) is 96.2 Å². The van der Waals surface area contributed by atoms with Crippen LogP contribution in [0.5, 0.6) is 0 Å². The van der Waals surface area contributed by atoms with Crippen molar-refractivity contribution in [3.63, 3.8) is 0 Å². The number of hydrogen-bond donors (Lipinski definition) is 3. The zero-order valence-corrected chi connectivity index (χ0v) is 13.8. The van der Waals surface area contributed by atoms with Crippen LogP contribution in [0.25, 0.3) is 0 Å². The van der Waals surface area contributed by atoms with Gasteiger partial charge in [-0.15, -0.1) is 0 Å². The van der Waals surface area contributed by atoms with E-state index in [4.69, 9.17) is 9.47 Å². The largest absolute Gasteiger partial charge is 0.394 e. The van der Waals surface area contributed by atoms with Crippen LogP contribution in [0.1, 0.15) is 10.5 Å². The molecule has 4 atom stereocenters. The standard InChI is InChI=1S/C16H25N3O5/c1-18-4-2-3-11(18)16(22)17-9-12-14(15(21)13(10-20)24-12)19-5-7-23-8-6-19/h2-4,12-15,20-21H,5-10H2,1H3,(H,17,22). The fourth-order valence-electron chi connectivity index (χ4n) is 3.45. The van der Waals surface area contributed by atoms with E-state index in [-0.39, 0.29) is 31.2 Å². The van der Waals surface area contributed by atoms with Gasteiger partial charge in [-0.05, 0) is 12.1 Å². The number of rotatable bonds is 5. The molecule has 0 saturated carbocycles.